The number of benzene rings is 1. The minimum atomic E-state index is -0.549. The van der Waals surface area contributed by atoms with E-state index in [0.717, 1.165) is 10.2 Å². The van der Waals surface area contributed by atoms with Crippen molar-refractivity contribution in [1.29, 1.82) is 0 Å². The Morgan fingerprint density at radius 2 is 2.06 bits per heavy atom. The van der Waals surface area contributed by atoms with Gasteiger partial charge in [0.05, 0.1) is 24.8 Å². The molecule has 1 aromatic carbocycles. The first kappa shape index (κ1) is 13.6. The Labute approximate surface area is 116 Å². The van der Waals surface area contributed by atoms with Crippen LogP contribution in [0.1, 0.15) is 32.8 Å². The number of carbonyl (C=O) groups excluding carboxylic acids is 1. The minimum absolute atomic E-state index is 0.0216. The number of aliphatic hydroxyl groups excluding tert-OH is 1. The van der Waals surface area contributed by atoms with Crippen molar-refractivity contribution in [3.63, 3.8) is 0 Å². The van der Waals surface area contributed by atoms with Gasteiger partial charge in [0.1, 0.15) is 0 Å². The van der Waals surface area contributed by atoms with Crippen molar-refractivity contribution in [2.75, 3.05) is 11.4 Å². The van der Waals surface area contributed by atoms with Gasteiger partial charge in [-0.15, -0.1) is 0 Å². The largest absolute Gasteiger partial charge is 0.391 e. The van der Waals surface area contributed by atoms with Crippen LogP contribution in [0, 0.1) is 0 Å². The van der Waals surface area contributed by atoms with Crippen LogP contribution >= 0.6 is 15.9 Å². The summed E-state index contributed by atoms with van der Waals surface area (Å²) in [6.07, 6.45) is -0.334. The van der Waals surface area contributed by atoms with Gasteiger partial charge in [-0.1, -0.05) is 26.8 Å². The third-order valence-electron chi connectivity index (χ3n) is 3.21. The molecule has 0 saturated carbocycles. The molecular formula is C14H18BrNO2. The molecule has 1 aliphatic rings. The van der Waals surface area contributed by atoms with Crippen LogP contribution in [0.3, 0.4) is 0 Å². The summed E-state index contributed by atoms with van der Waals surface area (Å²) in [6.45, 7) is 6.84. The third-order valence-corrected chi connectivity index (χ3v) is 3.84. The maximum Gasteiger partial charge on any atom is 0.229 e. The molecule has 1 aliphatic heterocycles. The molecule has 1 unspecified atom stereocenters. The van der Waals surface area contributed by atoms with Crippen LogP contribution < -0.4 is 4.90 Å². The van der Waals surface area contributed by atoms with Crippen LogP contribution in [0.5, 0.6) is 0 Å². The third kappa shape index (κ3) is 2.59. The molecule has 1 heterocycles. The van der Waals surface area contributed by atoms with Crippen LogP contribution in [0.2, 0.25) is 0 Å². The molecule has 4 heteroatoms. The summed E-state index contributed by atoms with van der Waals surface area (Å²) in [5.74, 6) is -0.0216. The van der Waals surface area contributed by atoms with E-state index in [1.807, 2.05) is 18.2 Å². The average Bonchev–Trinajstić information content (AvgIpc) is 2.56. The van der Waals surface area contributed by atoms with Gasteiger partial charge >= 0.3 is 0 Å². The van der Waals surface area contributed by atoms with E-state index in [4.69, 9.17) is 0 Å². The van der Waals surface area contributed by atoms with Crippen LogP contribution in [-0.4, -0.2) is 23.7 Å². The maximum absolute atomic E-state index is 11.8. The van der Waals surface area contributed by atoms with E-state index in [2.05, 4.69) is 36.7 Å². The highest BCUT2D eigenvalue weighted by atomic mass is 79.9. The second kappa shape index (κ2) is 4.67. The van der Waals surface area contributed by atoms with Crippen molar-refractivity contribution in [2.24, 2.45) is 0 Å². The van der Waals surface area contributed by atoms with Gasteiger partial charge in [0.2, 0.25) is 5.91 Å². The smallest absolute Gasteiger partial charge is 0.229 e. The summed E-state index contributed by atoms with van der Waals surface area (Å²) in [6, 6.07) is 6.03. The van der Waals surface area contributed by atoms with Crippen molar-refractivity contribution in [3.05, 3.63) is 28.2 Å². The number of carbonyl (C=O) groups is 1. The average molecular weight is 312 g/mol. The Morgan fingerprint density at radius 3 is 2.50 bits per heavy atom. The van der Waals surface area contributed by atoms with Crippen molar-refractivity contribution in [3.8, 4) is 0 Å². The fourth-order valence-electron chi connectivity index (χ4n) is 2.11. The second-order valence-electron chi connectivity index (χ2n) is 5.78. The normalized spacial score (nSPS) is 20.6. The van der Waals surface area contributed by atoms with Gasteiger partial charge in [-0.2, -0.15) is 0 Å². The molecule has 0 aliphatic carbocycles. The van der Waals surface area contributed by atoms with Gasteiger partial charge in [-0.05, 0) is 39.0 Å². The van der Waals surface area contributed by atoms with Gasteiger partial charge in [0.25, 0.3) is 0 Å². The van der Waals surface area contributed by atoms with Crippen molar-refractivity contribution >= 4 is 27.5 Å². The van der Waals surface area contributed by atoms with Crippen molar-refractivity contribution in [1.82, 2.24) is 0 Å². The van der Waals surface area contributed by atoms with Crippen molar-refractivity contribution < 1.29 is 9.90 Å². The number of hydrogen-bond donors (Lipinski definition) is 1. The summed E-state index contributed by atoms with van der Waals surface area (Å²) < 4.78 is 0.900. The van der Waals surface area contributed by atoms with Gasteiger partial charge in [-0.3, -0.25) is 4.79 Å². The predicted molar refractivity (Wildman–Crippen MR) is 75.8 cm³/mol. The SMILES string of the molecule is CC(C)(C)c1ccc(N2CC(O)CC2=O)c(Br)c1. The number of rotatable bonds is 1. The molecule has 1 fully saturated rings. The van der Waals surface area contributed by atoms with E-state index in [1.165, 1.54) is 5.56 Å². The molecule has 0 radical (unpaired) electrons. The number of β-amino-alcohol motifs (C(OH)–C–C–N with tert-alkyl or cyclic N) is 1. The Hall–Kier alpha value is -0.870. The number of amides is 1. The monoisotopic (exact) mass is 311 g/mol. The number of aliphatic hydroxyl groups is 1. The maximum atomic E-state index is 11.8. The lowest BCUT2D eigenvalue weighted by Crippen LogP contribution is -2.25. The molecule has 18 heavy (non-hydrogen) atoms. The fraction of sp³-hybridized carbons (Fsp3) is 0.500. The minimum Gasteiger partial charge on any atom is -0.391 e. The number of halogens is 1. The first-order chi connectivity index (χ1) is 8.29. The van der Waals surface area contributed by atoms with Gasteiger partial charge in [0, 0.05) is 4.47 Å². The summed E-state index contributed by atoms with van der Waals surface area (Å²) in [7, 11) is 0. The Bertz CT molecular complexity index is 479. The van der Waals surface area contributed by atoms with Crippen LogP contribution in [0.4, 0.5) is 5.69 Å². The van der Waals surface area contributed by atoms with E-state index in [-0.39, 0.29) is 17.7 Å². The highest BCUT2D eigenvalue weighted by Gasteiger charge is 2.30. The first-order valence-electron chi connectivity index (χ1n) is 6.07. The quantitative estimate of drug-likeness (QED) is 0.866. The van der Waals surface area contributed by atoms with Gasteiger partial charge < -0.3 is 10.0 Å². The van der Waals surface area contributed by atoms with E-state index in [1.54, 1.807) is 4.90 Å². The van der Waals surface area contributed by atoms with E-state index >= 15 is 0 Å². The van der Waals surface area contributed by atoms with E-state index in [0.29, 0.717) is 6.54 Å². The highest BCUT2D eigenvalue weighted by molar-refractivity contribution is 9.10. The molecule has 1 aromatic rings. The molecule has 0 spiro atoms. The summed E-state index contributed by atoms with van der Waals surface area (Å²) in [5.41, 5.74) is 2.13. The van der Waals surface area contributed by atoms with Gasteiger partial charge in [-0.25, -0.2) is 0 Å². The zero-order chi connectivity index (χ0) is 13.5. The topological polar surface area (TPSA) is 40.5 Å². The lowest BCUT2D eigenvalue weighted by molar-refractivity contribution is -0.117. The number of anilines is 1. The van der Waals surface area contributed by atoms with Crippen LogP contribution in [-0.2, 0) is 10.2 Å². The Morgan fingerprint density at radius 1 is 1.39 bits per heavy atom. The highest BCUT2D eigenvalue weighted by Crippen LogP contribution is 2.34. The zero-order valence-electron chi connectivity index (χ0n) is 10.9. The molecule has 1 saturated heterocycles. The molecule has 1 amide bonds. The molecule has 2 rings (SSSR count). The summed E-state index contributed by atoms with van der Waals surface area (Å²) in [4.78, 5) is 13.4. The lowest BCUT2D eigenvalue weighted by atomic mass is 9.87. The second-order valence-corrected chi connectivity index (χ2v) is 6.63. The van der Waals surface area contributed by atoms with E-state index < -0.39 is 6.10 Å². The predicted octanol–water partition coefficient (Wildman–Crippen LogP) is 2.84. The van der Waals surface area contributed by atoms with Crippen LogP contribution in [0.25, 0.3) is 0 Å². The summed E-state index contributed by atoms with van der Waals surface area (Å²) >= 11 is 3.52. The standard InChI is InChI=1S/C14H18BrNO2/c1-14(2,3)9-4-5-12(11(15)6-9)16-8-10(17)7-13(16)18/h4-6,10,17H,7-8H2,1-3H3. The lowest BCUT2D eigenvalue weighted by Gasteiger charge is -2.23. The summed E-state index contributed by atoms with van der Waals surface area (Å²) in [5, 5.41) is 9.53. The fourth-order valence-corrected chi connectivity index (χ4v) is 2.71. The molecule has 1 atom stereocenters. The van der Waals surface area contributed by atoms with Gasteiger partial charge in [0.15, 0.2) is 0 Å². The molecule has 1 N–H and O–H groups in total. The van der Waals surface area contributed by atoms with Crippen molar-refractivity contribution in [2.45, 2.75) is 38.7 Å². The number of hydrogen-bond acceptors (Lipinski definition) is 2. The van der Waals surface area contributed by atoms with E-state index in [9.17, 15) is 9.90 Å². The molecule has 3 nitrogen and oxygen atoms in total. The molecule has 98 valence electrons. The Balaban J connectivity index is 2.34. The first-order valence-corrected chi connectivity index (χ1v) is 6.87. The molecular weight excluding hydrogens is 294 g/mol. The number of nitrogens with zero attached hydrogens (tertiary/aromatic N) is 1. The zero-order valence-corrected chi connectivity index (χ0v) is 12.5. The molecule has 0 aromatic heterocycles. The molecule has 0 bridgehead atoms. The van der Waals surface area contributed by atoms with Crippen LogP contribution in [0.15, 0.2) is 22.7 Å². The Kier molecular flexibility index (Phi) is 3.52.